The molecule has 3 atom stereocenters. The molecule has 1 aromatic carbocycles. The molecule has 0 saturated heterocycles. The van der Waals surface area contributed by atoms with Crippen molar-refractivity contribution in [3.05, 3.63) is 35.9 Å². The van der Waals surface area contributed by atoms with Crippen molar-refractivity contribution in [3.8, 4) is 0 Å². The van der Waals surface area contributed by atoms with Crippen LogP contribution in [0.15, 0.2) is 30.3 Å². The number of thioether (sulfide) groups is 1. The van der Waals surface area contributed by atoms with Crippen LogP contribution >= 0.6 is 11.8 Å². The summed E-state index contributed by atoms with van der Waals surface area (Å²) in [6.07, 6.45) is 3.99. The lowest BCUT2D eigenvalue weighted by Gasteiger charge is -2.36. The average molecular weight is 263 g/mol. The Morgan fingerprint density at radius 1 is 1.17 bits per heavy atom. The van der Waals surface area contributed by atoms with E-state index in [2.05, 4.69) is 61.3 Å². The van der Waals surface area contributed by atoms with E-state index in [-0.39, 0.29) is 0 Å². The van der Waals surface area contributed by atoms with Crippen molar-refractivity contribution in [2.75, 3.05) is 12.3 Å². The Hall–Kier alpha value is -0.470. The lowest BCUT2D eigenvalue weighted by molar-refractivity contribution is 0.358. The minimum absolute atomic E-state index is 0.722. The van der Waals surface area contributed by atoms with Gasteiger partial charge in [-0.2, -0.15) is 11.8 Å². The van der Waals surface area contributed by atoms with Gasteiger partial charge in [0.2, 0.25) is 0 Å². The van der Waals surface area contributed by atoms with Gasteiger partial charge in [0, 0.05) is 11.3 Å². The monoisotopic (exact) mass is 263 g/mol. The molecule has 100 valence electrons. The van der Waals surface area contributed by atoms with Crippen LogP contribution in [0.5, 0.6) is 0 Å². The molecule has 0 aromatic heterocycles. The molecule has 0 amide bonds. The predicted octanol–water partition coefficient (Wildman–Crippen LogP) is 4.05. The van der Waals surface area contributed by atoms with Crippen molar-refractivity contribution in [2.45, 2.75) is 50.3 Å². The summed E-state index contributed by atoms with van der Waals surface area (Å²) in [6.45, 7) is 5.60. The van der Waals surface area contributed by atoms with E-state index >= 15 is 0 Å². The Balaban J connectivity index is 2.01. The van der Waals surface area contributed by atoms with Gasteiger partial charge in [0.1, 0.15) is 0 Å². The number of hydrogen-bond donors (Lipinski definition) is 1. The molecule has 0 spiro atoms. The summed E-state index contributed by atoms with van der Waals surface area (Å²) in [5.74, 6) is 2.00. The van der Waals surface area contributed by atoms with Crippen molar-refractivity contribution in [1.29, 1.82) is 0 Å². The molecule has 1 aromatic rings. The molecule has 0 aliphatic heterocycles. The Kier molecular flexibility index (Phi) is 5.58. The van der Waals surface area contributed by atoms with E-state index < -0.39 is 0 Å². The Labute approximate surface area is 116 Å². The SMILES string of the molecule is CCNC1CCC(c2ccccc2)CC1SCC. The van der Waals surface area contributed by atoms with Crippen LogP contribution in [0.1, 0.15) is 44.6 Å². The van der Waals surface area contributed by atoms with Gasteiger partial charge in [-0.05, 0) is 43.0 Å². The fraction of sp³-hybridized carbons (Fsp3) is 0.625. The summed E-state index contributed by atoms with van der Waals surface area (Å²) in [7, 11) is 0. The number of benzene rings is 1. The molecule has 1 fully saturated rings. The smallest absolute Gasteiger partial charge is 0.0206 e. The zero-order chi connectivity index (χ0) is 12.8. The molecular weight excluding hydrogens is 238 g/mol. The molecule has 1 saturated carbocycles. The first-order chi connectivity index (χ1) is 8.85. The third-order valence-corrected chi connectivity index (χ3v) is 5.19. The van der Waals surface area contributed by atoms with Gasteiger partial charge >= 0.3 is 0 Å². The van der Waals surface area contributed by atoms with Crippen molar-refractivity contribution in [1.82, 2.24) is 5.32 Å². The first-order valence-corrected chi connectivity index (χ1v) is 8.30. The van der Waals surface area contributed by atoms with Gasteiger partial charge in [-0.1, -0.05) is 44.2 Å². The normalized spacial score (nSPS) is 28.2. The van der Waals surface area contributed by atoms with Gasteiger partial charge in [-0.15, -0.1) is 0 Å². The van der Waals surface area contributed by atoms with Gasteiger partial charge in [-0.25, -0.2) is 0 Å². The zero-order valence-electron chi connectivity index (χ0n) is 11.6. The standard InChI is InChI=1S/C16H25NS/c1-3-17-15-11-10-14(12-16(15)18-4-2)13-8-6-5-7-9-13/h5-9,14-17H,3-4,10-12H2,1-2H3. The fourth-order valence-electron chi connectivity index (χ4n) is 3.05. The number of nitrogens with one attached hydrogen (secondary N) is 1. The minimum atomic E-state index is 0.722. The van der Waals surface area contributed by atoms with Crippen LogP contribution in [0.2, 0.25) is 0 Å². The van der Waals surface area contributed by atoms with Crippen LogP contribution in [0, 0.1) is 0 Å². The molecule has 18 heavy (non-hydrogen) atoms. The van der Waals surface area contributed by atoms with E-state index in [1.807, 2.05) is 0 Å². The third kappa shape index (κ3) is 3.52. The molecule has 2 rings (SSSR count). The molecule has 1 aliphatic carbocycles. The molecule has 1 aliphatic rings. The van der Waals surface area contributed by atoms with E-state index in [9.17, 15) is 0 Å². The van der Waals surface area contributed by atoms with Crippen LogP contribution in [-0.2, 0) is 0 Å². The Bertz CT molecular complexity index is 338. The number of hydrogen-bond acceptors (Lipinski definition) is 2. The highest BCUT2D eigenvalue weighted by molar-refractivity contribution is 7.99. The first-order valence-electron chi connectivity index (χ1n) is 7.25. The Morgan fingerprint density at radius 2 is 1.94 bits per heavy atom. The highest BCUT2D eigenvalue weighted by Gasteiger charge is 2.30. The van der Waals surface area contributed by atoms with Gasteiger partial charge in [-0.3, -0.25) is 0 Å². The summed E-state index contributed by atoms with van der Waals surface area (Å²) in [6, 6.07) is 11.8. The highest BCUT2D eigenvalue weighted by Crippen LogP contribution is 2.38. The molecular formula is C16H25NS. The molecule has 1 nitrogen and oxygen atoms in total. The van der Waals surface area contributed by atoms with Crippen molar-refractivity contribution in [3.63, 3.8) is 0 Å². The summed E-state index contributed by atoms with van der Waals surface area (Å²) < 4.78 is 0. The molecule has 0 heterocycles. The van der Waals surface area contributed by atoms with E-state index in [1.54, 1.807) is 0 Å². The van der Waals surface area contributed by atoms with Gasteiger partial charge in [0.15, 0.2) is 0 Å². The Morgan fingerprint density at radius 3 is 2.61 bits per heavy atom. The molecule has 0 radical (unpaired) electrons. The van der Waals surface area contributed by atoms with Gasteiger partial charge in [0.05, 0.1) is 0 Å². The lowest BCUT2D eigenvalue weighted by Crippen LogP contribution is -2.42. The summed E-state index contributed by atoms with van der Waals surface area (Å²) >= 11 is 2.14. The fourth-order valence-corrected chi connectivity index (χ4v) is 4.31. The second-order valence-corrected chi connectivity index (χ2v) is 6.59. The maximum Gasteiger partial charge on any atom is 0.0206 e. The number of rotatable bonds is 5. The largest absolute Gasteiger partial charge is 0.313 e. The average Bonchev–Trinajstić information content (AvgIpc) is 2.42. The van der Waals surface area contributed by atoms with Gasteiger partial charge in [0.25, 0.3) is 0 Å². The van der Waals surface area contributed by atoms with E-state index in [0.717, 1.165) is 23.8 Å². The van der Waals surface area contributed by atoms with Crippen LogP contribution < -0.4 is 5.32 Å². The molecule has 1 N–H and O–H groups in total. The summed E-state index contributed by atoms with van der Waals surface area (Å²) in [5.41, 5.74) is 1.54. The second kappa shape index (κ2) is 7.20. The van der Waals surface area contributed by atoms with E-state index in [4.69, 9.17) is 0 Å². The quantitative estimate of drug-likeness (QED) is 0.860. The molecule has 3 unspecified atom stereocenters. The lowest BCUT2D eigenvalue weighted by atomic mass is 9.81. The third-order valence-electron chi connectivity index (χ3n) is 3.91. The van der Waals surface area contributed by atoms with Crippen molar-refractivity contribution >= 4 is 11.8 Å². The summed E-state index contributed by atoms with van der Waals surface area (Å²) in [5, 5.41) is 4.46. The zero-order valence-corrected chi connectivity index (χ0v) is 12.4. The van der Waals surface area contributed by atoms with Crippen molar-refractivity contribution in [2.24, 2.45) is 0 Å². The minimum Gasteiger partial charge on any atom is -0.313 e. The maximum atomic E-state index is 3.67. The van der Waals surface area contributed by atoms with E-state index in [1.165, 1.54) is 30.6 Å². The molecule has 0 bridgehead atoms. The van der Waals surface area contributed by atoms with E-state index in [0.29, 0.717) is 0 Å². The highest BCUT2D eigenvalue weighted by atomic mass is 32.2. The van der Waals surface area contributed by atoms with Crippen LogP contribution in [0.25, 0.3) is 0 Å². The van der Waals surface area contributed by atoms with Crippen molar-refractivity contribution < 1.29 is 0 Å². The second-order valence-electron chi connectivity index (χ2n) is 5.08. The maximum absolute atomic E-state index is 3.67. The van der Waals surface area contributed by atoms with Crippen LogP contribution in [0.4, 0.5) is 0 Å². The predicted molar refractivity (Wildman–Crippen MR) is 82.4 cm³/mol. The topological polar surface area (TPSA) is 12.0 Å². The molecule has 2 heteroatoms. The van der Waals surface area contributed by atoms with Gasteiger partial charge < -0.3 is 5.32 Å². The van der Waals surface area contributed by atoms with Crippen LogP contribution in [0.3, 0.4) is 0 Å². The van der Waals surface area contributed by atoms with Crippen LogP contribution in [-0.4, -0.2) is 23.6 Å². The summed E-state index contributed by atoms with van der Waals surface area (Å²) in [4.78, 5) is 0. The first kappa shape index (κ1) is 14.0.